The minimum atomic E-state index is -4.35. The quantitative estimate of drug-likeness (QED) is 0.885. The summed E-state index contributed by atoms with van der Waals surface area (Å²) in [6.07, 6.45) is 1.19. The lowest BCUT2D eigenvalue weighted by atomic mass is 9.94. The van der Waals surface area contributed by atoms with E-state index in [1.165, 1.54) is 12.5 Å². The lowest BCUT2D eigenvalue weighted by molar-refractivity contribution is -0.137. The third kappa shape index (κ3) is 3.96. The van der Waals surface area contributed by atoms with Gasteiger partial charge in [-0.25, -0.2) is 0 Å². The Hall–Kier alpha value is -1.07. The van der Waals surface area contributed by atoms with E-state index >= 15 is 0 Å². The van der Waals surface area contributed by atoms with Crippen molar-refractivity contribution in [2.24, 2.45) is 0 Å². The molecule has 0 bridgehead atoms. The summed E-state index contributed by atoms with van der Waals surface area (Å²) in [5.41, 5.74) is -0.174. The molecule has 1 fully saturated rings. The molecule has 0 heterocycles. The molecule has 0 aliphatic heterocycles. The second-order valence-electron chi connectivity index (χ2n) is 5.36. The molecule has 0 amide bonds. The standard InChI is InChI=1S/C15H20F3NO/c16-15(17,18)12-6-4-5-11(9-12)14(10-20)19-13-7-2-1-3-8-13/h4-6,9,13-14,19-20H,1-3,7-8,10H2. The minimum Gasteiger partial charge on any atom is -0.394 e. The molecule has 1 saturated carbocycles. The van der Waals surface area contributed by atoms with E-state index in [0.29, 0.717) is 5.56 Å². The molecule has 0 saturated heterocycles. The van der Waals surface area contributed by atoms with Gasteiger partial charge in [-0.2, -0.15) is 13.2 Å². The van der Waals surface area contributed by atoms with E-state index in [1.807, 2.05) is 0 Å². The van der Waals surface area contributed by atoms with Crippen LogP contribution in [0.25, 0.3) is 0 Å². The number of halogens is 3. The molecule has 0 radical (unpaired) electrons. The first kappa shape index (κ1) is 15.3. The third-order valence-electron chi connectivity index (χ3n) is 3.84. The van der Waals surface area contributed by atoms with Gasteiger partial charge in [0.1, 0.15) is 0 Å². The normalized spacial score (nSPS) is 19.0. The van der Waals surface area contributed by atoms with Crippen molar-refractivity contribution in [2.45, 2.75) is 50.4 Å². The van der Waals surface area contributed by atoms with Crippen LogP contribution in [-0.4, -0.2) is 17.8 Å². The highest BCUT2D eigenvalue weighted by atomic mass is 19.4. The predicted octanol–water partition coefficient (Wildman–Crippen LogP) is 3.66. The summed E-state index contributed by atoms with van der Waals surface area (Å²) < 4.78 is 38.1. The maximum atomic E-state index is 12.7. The zero-order valence-corrected chi connectivity index (χ0v) is 11.3. The topological polar surface area (TPSA) is 32.3 Å². The number of rotatable bonds is 4. The van der Waals surface area contributed by atoms with Gasteiger partial charge in [-0.3, -0.25) is 0 Å². The fraction of sp³-hybridized carbons (Fsp3) is 0.600. The van der Waals surface area contributed by atoms with Gasteiger partial charge < -0.3 is 10.4 Å². The van der Waals surface area contributed by atoms with Gasteiger partial charge in [0.2, 0.25) is 0 Å². The Bertz CT molecular complexity index is 427. The molecule has 1 aliphatic carbocycles. The highest BCUT2D eigenvalue weighted by Gasteiger charge is 2.31. The molecule has 1 aromatic rings. The summed E-state index contributed by atoms with van der Waals surface area (Å²) >= 11 is 0. The number of alkyl halides is 3. The van der Waals surface area contributed by atoms with Crippen LogP contribution >= 0.6 is 0 Å². The Morgan fingerprint density at radius 3 is 2.50 bits per heavy atom. The average Bonchev–Trinajstić information content (AvgIpc) is 2.45. The smallest absolute Gasteiger partial charge is 0.394 e. The van der Waals surface area contributed by atoms with Crippen LogP contribution in [0, 0.1) is 0 Å². The van der Waals surface area contributed by atoms with E-state index in [-0.39, 0.29) is 12.6 Å². The van der Waals surface area contributed by atoms with Crippen molar-refractivity contribution in [3.63, 3.8) is 0 Å². The zero-order valence-electron chi connectivity index (χ0n) is 11.3. The molecule has 1 aromatic carbocycles. The minimum absolute atomic E-state index is 0.197. The lowest BCUT2D eigenvalue weighted by Crippen LogP contribution is -2.36. The molecular formula is C15H20F3NO. The number of aliphatic hydroxyl groups excluding tert-OH is 1. The number of aliphatic hydroxyl groups is 1. The highest BCUT2D eigenvalue weighted by Crippen LogP contribution is 2.31. The molecule has 0 spiro atoms. The second-order valence-corrected chi connectivity index (χ2v) is 5.36. The van der Waals surface area contributed by atoms with Gasteiger partial charge in [-0.05, 0) is 30.5 Å². The van der Waals surface area contributed by atoms with Crippen molar-refractivity contribution in [3.05, 3.63) is 35.4 Å². The van der Waals surface area contributed by atoms with E-state index in [9.17, 15) is 18.3 Å². The lowest BCUT2D eigenvalue weighted by Gasteiger charge is -2.28. The Balaban J connectivity index is 2.10. The molecule has 5 heteroatoms. The molecule has 2 rings (SSSR count). The summed E-state index contributed by atoms with van der Waals surface area (Å²) in [5, 5.41) is 12.7. The largest absolute Gasteiger partial charge is 0.416 e. The Morgan fingerprint density at radius 2 is 1.90 bits per heavy atom. The van der Waals surface area contributed by atoms with Crippen LogP contribution < -0.4 is 5.32 Å². The maximum absolute atomic E-state index is 12.7. The van der Waals surface area contributed by atoms with E-state index < -0.39 is 17.8 Å². The maximum Gasteiger partial charge on any atom is 0.416 e. The fourth-order valence-corrected chi connectivity index (χ4v) is 2.74. The van der Waals surface area contributed by atoms with Gasteiger partial charge in [-0.15, -0.1) is 0 Å². The van der Waals surface area contributed by atoms with Crippen LogP contribution in [0.2, 0.25) is 0 Å². The van der Waals surface area contributed by atoms with Crippen LogP contribution in [0.15, 0.2) is 24.3 Å². The number of benzene rings is 1. The first-order valence-electron chi connectivity index (χ1n) is 7.05. The van der Waals surface area contributed by atoms with Gasteiger partial charge >= 0.3 is 6.18 Å². The summed E-state index contributed by atoms with van der Waals surface area (Å²) in [6, 6.07) is 5.06. The van der Waals surface area contributed by atoms with Crippen LogP contribution in [0.4, 0.5) is 13.2 Å². The van der Waals surface area contributed by atoms with Crippen LogP contribution in [0.3, 0.4) is 0 Å². The first-order chi connectivity index (χ1) is 9.50. The van der Waals surface area contributed by atoms with Crippen LogP contribution in [0.5, 0.6) is 0 Å². The first-order valence-corrected chi connectivity index (χ1v) is 7.05. The summed E-state index contributed by atoms with van der Waals surface area (Å²) in [5.74, 6) is 0. The Morgan fingerprint density at radius 1 is 1.20 bits per heavy atom. The third-order valence-corrected chi connectivity index (χ3v) is 3.84. The van der Waals surface area contributed by atoms with Crippen molar-refractivity contribution >= 4 is 0 Å². The Kier molecular flexibility index (Phi) is 5.05. The number of hydrogen-bond donors (Lipinski definition) is 2. The second kappa shape index (κ2) is 6.59. The molecular weight excluding hydrogens is 267 g/mol. The van der Waals surface area contributed by atoms with Crippen LogP contribution in [0.1, 0.15) is 49.3 Å². The molecule has 1 aliphatic rings. The van der Waals surface area contributed by atoms with E-state index in [4.69, 9.17) is 0 Å². The predicted molar refractivity (Wildman–Crippen MR) is 71.3 cm³/mol. The molecule has 2 N–H and O–H groups in total. The van der Waals surface area contributed by atoms with Crippen molar-refractivity contribution in [2.75, 3.05) is 6.61 Å². The monoisotopic (exact) mass is 287 g/mol. The molecule has 1 atom stereocenters. The number of hydrogen-bond acceptors (Lipinski definition) is 2. The zero-order chi connectivity index (χ0) is 14.6. The van der Waals surface area contributed by atoms with Crippen LogP contribution in [-0.2, 0) is 6.18 Å². The summed E-state index contributed by atoms with van der Waals surface area (Å²) in [6.45, 7) is -0.197. The molecule has 0 aromatic heterocycles. The molecule has 1 unspecified atom stereocenters. The van der Waals surface area contributed by atoms with Crippen molar-refractivity contribution in [3.8, 4) is 0 Å². The van der Waals surface area contributed by atoms with Crippen molar-refractivity contribution < 1.29 is 18.3 Å². The fourth-order valence-electron chi connectivity index (χ4n) is 2.74. The van der Waals surface area contributed by atoms with Gasteiger partial charge in [0.15, 0.2) is 0 Å². The Labute approximate surface area is 117 Å². The van der Waals surface area contributed by atoms with E-state index in [1.54, 1.807) is 6.07 Å². The summed E-state index contributed by atoms with van der Waals surface area (Å²) in [7, 11) is 0. The molecule has 20 heavy (non-hydrogen) atoms. The molecule has 2 nitrogen and oxygen atoms in total. The van der Waals surface area contributed by atoms with Crippen molar-refractivity contribution in [1.29, 1.82) is 0 Å². The van der Waals surface area contributed by atoms with Gasteiger partial charge in [0.05, 0.1) is 18.2 Å². The van der Waals surface area contributed by atoms with Gasteiger partial charge in [-0.1, -0.05) is 31.4 Å². The van der Waals surface area contributed by atoms with Gasteiger partial charge in [0.25, 0.3) is 0 Å². The van der Waals surface area contributed by atoms with Crippen molar-refractivity contribution in [1.82, 2.24) is 5.32 Å². The SMILES string of the molecule is OCC(NC1CCCCC1)c1cccc(C(F)(F)F)c1. The van der Waals surface area contributed by atoms with E-state index in [2.05, 4.69) is 5.32 Å². The average molecular weight is 287 g/mol. The van der Waals surface area contributed by atoms with E-state index in [0.717, 1.165) is 37.8 Å². The highest BCUT2D eigenvalue weighted by molar-refractivity contribution is 5.28. The molecule has 112 valence electrons. The van der Waals surface area contributed by atoms with Gasteiger partial charge in [0, 0.05) is 6.04 Å². The summed E-state index contributed by atoms with van der Waals surface area (Å²) in [4.78, 5) is 0. The number of nitrogens with one attached hydrogen (secondary N) is 1.